The molecule has 0 radical (unpaired) electrons. The summed E-state index contributed by atoms with van der Waals surface area (Å²) in [5.41, 5.74) is 0. The van der Waals surface area contributed by atoms with Crippen molar-refractivity contribution in [1.82, 2.24) is 4.90 Å². The van der Waals surface area contributed by atoms with E-state index in [2.05, 4.69) is 26.5 Å². The predicted octanol–water partition coefficient (Wildman–Crippen LogP) is -0.0158. The second-order valence-electron chi connectivity index (χ2n) is 2.41. The van der Waals surface area contributed by atoms with Crippen LogP contribution in [0.3, 0.4) is 0 Å². The van der Waals surface area contributed by atoms with Gasteiger partial charge in [0.15, 0.2) is 0 Å². The molecule has 0 aromatic heterocycles. The van der Waals surface area contributed by atoms with Gasteiger partial charge in [0.1, 0.15) is 0 Å². The van der Waals surface area contributed by atoms with Crippen molar-refractivity contribution in [2.75, 3.05) is 13.1 Å². The monoisotopic (exact) mass is 282 g/mol. The Morgan fingerprint density at radius 1 is 1.55 bits per heavy atom. The second-order valence-corrected chi connectivity index (χ2v) is 6.55. The summed E-state index contributed by atoms with van der Waals surface area (Å²) in [5.74, 6) is 0. The molecule has 4 heteroatoms. The molecule has 0 aromatic carbocycles. The fourth-order valence-electron chi connectivity index (χ4n) is 1.09. The van der Waals surface area contributed by atoms with Gasteiger partial charge < -0.3 is 0 Å². The Morgan fingerprint density at radius 2 is 2.18 bits per heavy atom. The molecule has 11 heavy (non-hydrogen) atoms. The molecule has 0 aliphatic carbocycles. The van der Waals surface area contributed by atoms with Gasteiger partial charge in [-0.25, -0.2) is 0 Å². The Kier molecular flexibility index (Phi) is 4.18. The van der Waals surface area contributed by atoms with E-state index in [0.29, 0.717) is 20.3 Å². The fraction of sp³-hybridized carbons (Fsp3) is 0.714. The number of hydrogen-bond donors (Lipinski definition) is 0. The zero-order valence-electron chi connectivity index (χ0n) is 6.25. The third-order valence-corrected chi connectivity index (χ3v) is 5.08. The van der Waals surface area contributed by atoms with Crippen molar-refractivity contribution in [3.05, 3.63) is 0 Å². The van der Waals surface area contributed by atoms with Crippen molar-refractivity contribution >= 4 is 34.0 Å². The Balaban J connectivity index is 2.24. The van der Waals surface area contributed by atoms with E-state index < -0.39 is 0 Å². The molecule has 1 aliphatic rings. The van der Waals surface area contributed by atoms with Crippen LogP contribution in [0.5, 0.6) is 0 Å². The third-order valence-electron chi connectivity index (χ3n) is 1.62. The first-order chi connectivity index (χ1) is 5.34. The summed E-state index contributed by atoms with van der Waals surface area (Å²) in [4.78, 5) is 2.37. The van der Waals surface area contributed by atoms with E-state index >= 15 is 0 Å². The number of nitriles is 1. The summed E-state index contributed by atoms with van der Waals surface area (Å²) in [5, 5.41) is 9.08. The molecule has 0 aromatic rings. The molecule has 0 saturated carbocycles. The van der Waals surface area contributed by atoms with E-state index in [-0.39, 0.29) is 0 Å². The van der Waals surface area contributed by atoms with Gasteiger partial charge in [-0.3, -0.25) is 0 Å². The van der Waals surface area contributed by atoms with Gasteiger partial charge in [-0.05, 0) is 0 Å². The van der Waals surface area contributed by atoms with Crippen molar-refractivity contribution in [2.45, 2.75) is 18.2 Å². The van der Waals surface area contributed by atoms with Gasteiger partial charge in [0.2, 0.25) is 0 Å². The van der Waals surface area contributed by atoms with Crippen molar-refractivity contribution in [1.29, 1.82) is 5.26 Å². The summed E-state index contributed by atoms with van der Waals surface area (Å²) >= 11 is 3.45. The number of likely N-dealkylation sites (tertiary alicyclic amines) is 1. The van der Waals surface area contributed by atoms with E-state index in [4.69, 9.17) is 5.26 Å². The molecule has 0 spiro atoms. The van der Waals surface area contributed by atoms with Crippen LogP contribution >= 0.6 is 0 Å². The molecule has 0 bridgehead atoms. The van der Waals surface area contributed by atoms with Crippen LogP contribution in [-0.2, 0) is 0 Å². The van der Waals surface area contributed by atoms with Crippen molar-refractivity contribution < 1.29 is 0 Å². The Hall–Kier alpha value is 0.199. The van der Waals surface area contributed by atoms with Gasteiger partial charge in [-0.2, -0.15) is 0 Å². The van der Waals surface area contributed by atoms with Crippen molar-refractivity contribution in [2.24, 2.45) is 0 Å². The van der Waals surface area contributed by atoms with Gasteiger partial charge in [0.05, 0.1) is 0 Å². The molecular formula is C7H10N2Se2. The SMILES string of the molecule is N#CC[Se]C(=[Se])N1CCCC1. The molecular weight excluding hydrogens is 270 g/mol. The molecule has 0 unspecified atom stereocenters. The van der Waals surface area contributed by atoms with Gasteiger partial charge in [-0.15, -0.1) is 0 Å². The quantitative estimate of drug-likeness (QED) is 0.680. The number of nitrogens with zero attached hydrogens (tertiary/aromatic N) is 2. The van der Waals surface area contributed by atoms with Crippen molar-refractivity contribution in [3.8, 4) is 6.07 Å². The maximum atomic E-state index is 8.38. The molecule has 0 amide bonds. The van der Waals surface area contributed by atoms with Crippen LogP contribution in [0.4, 0.5) is 0 Å². The average molecular weight is 280 g/mol. The minimum absolute atomic E-state index is 0.374. The zero-order valence-corrected chi connectivity index (χ0v) is 9.67. The molecule has 1 fully saturated rings. The number of hydrogen-bond acceptors (Lipinski definition) is 2. The first-order valence-corrected chi connectivity index (χ1v) is 6.55. The van der Waals surface area contributed by atoms with Crippen LogP contribution < -0.4 is 0 Å². The molecule has 60 valence electrons. The molecule has 1 rings (SSSR count). The van der Waals surface area contributed by atoms with E-state index in [1.54, 1.807) is 0 Å². The first-order valence-electron chi connectivity index (χ1n) is 3.63. The van der Waals surface area contributed by atoms with Gasteiger partial charge in [-0.1, -0.05) is 0 Å². The first kappa shape index (κ1) is 9.29. The standard InChI is InChI=1S/C7H10N2Se2/c8-3-6-11-7(10)9-4-1-2-5-9/h1-2,4-6H2. The average Bonchev–Trinajstić information content (AvgIpc) is 2.52. The van der Waals surface area contributed by atoms with Crippen LogP contribution in [0.1, 0.15) is 12.8 Å². The van der Waals surface area contributed by atoms with Crippen LogP contribution in [0.25, 0.3) is 0 Å². The zero-order chi connectivity index (χ0) is 8.10. The van der Waals surface area contributed by atoms with Crippen molar-refractivity contribution in [3.63, 3.8) is 0 Å². The third kappa shape index (κ3) is 2.97. The Bertz CT molecular complexity index is 179. The summed E-state index contributed by atoms with van der Waals surface area (Å²) in [7, 11) is 0. The summed E-state index contributed by atoms with van der Waals surface area (Å²) in [6, 6.07) is 2.18. The van der Waals surface area contributed by atoms with E-state index in [0.717, 1.165) is 0 Å². The van der Waals surface area contributed by atoms with Crippen LogP contribution in [0.2, 0.25) is 5.32 Å². The van der Waals surface area contributed by atoms with Gasteiger partial charge >= 0.3 is 81.5 Å². The maximum absolute atomic E-state index is 8.38. The number of rotatable bonds is 3. The van der Waals surface area contributed by atoms with Gasteiger partial charge in [0.25, 0.3) is 0 Å². The molecule has 1 aliphatic heterocycles. The molecule has 1 heterocycles. The van der Waals surface area contributed by atoms with Crippen LogP contribution in [-0.4, -0.2) is 52.0 Å². The van der Waals surface area contributed by atoms with Crippen LogP contribution in [0, 0.1) is 11.3 Å². The summed E-state index contributed by atoms with van der Waals surface area (Å²) in [6.07, 6.45) is 2.63. The van der Waals surface area contributed by atoms with E-state index in [1.807, 2.05) is 0 Å². The Morgan fingerprint density at radius 3 is 2.73 bits per heavy atom. The van der Waals surface area contributed by atoms with E-state index in [1.165, 1.54) is 29.4 Å². The van der Waals surface area contributed by atoms with Gasteiger partial charge in [0, 0.05) is 0 Å². The fourth-order valence-corrected chi connectivity index (χ4v) is 3.27. The topological polar surface area (TPSA) is 27.0 Å². The minimum atomic E-state index is 0.374. The Labute approximate surface area is 81.5 Å². The predicted molar refractivity (Wildman–Crippen MR) is 47.7 cm³/mol. The molecule has 0 atom stereocenters. The normalized spacial score (nSPS) is 16.5. The molecule has 0 N–H and O–H groups in total. The second kappa shape index (κ2) is 4.95. The van der Waals surface area contributed by atoms with Crippen LogP contribution in [0.15, 0.2) is 0 Å². The molecule has 1 saturated heterocycles. The molecule has 2 nitrogen and oxygen atoms in total. The summed E-state index contributed by atoms with van der Waals surface area (Å²) in [6.45, 7) is 2.38. The van der Waals surface area contributed by atoms with E-state index in [9.17, 15) is 0 Å². The summed E-state index contributed by atoms with van der Waals surface area (Å²) < 4.78 is 1.33.